The van der Waals surface area contributed by atoms with Crippen LogP contribution in [0.1, 0.15) is 17.2 Å². The lowest BCUT2D eigenvalue weighted by molar-refractivity contribution is -0.274. The lowest BCUT2D eigenvalue weighted by Gasteiger charge is -2.18. The van der Waals surface area contributed by atoms with E-state index < -0.39 is 18.2 Å². The summed E-state index contributed by atoms with van der Waals surface area (Å²) >= 11 is 0. The van der Waals surface area contributed by atoms with Gasteiger partial charge in [0.05, 0.1) is 12.2 Å². The highest BCUT2D eigenvalue weighted by Crippen LogP contribution is 2.29. The van der Waals surface area contributed by atoms with Gasteiger partial charge in [0.1, 0.15) is 11.6 Å². The first-order valence-electron chi connectivity index (χ1n) is 6.03. The number of nitrogens with zero attached hydrogens (tertiary/aromatic N) is 1. The molecule has 1 aromatic heterocycles. The summed E-state index contributed by atoms with van der Waals surface area (Å²) in [4.78, 5) is 3.65. The standard InChI is InChI=1S/C14H12F4N2O/c1-19-13(11-5-6-20-8-12(11)15)9-3-2-4-10(7-9)21-14(16,17)18/h2-8,13,19H,1H3. The Labute approximate surface area is 118 Å². The number of ether oxygens (including phenoxy) is 1. The Balaban J connectivity index is 2.35. The summed E-state index contributed by atoms with van der Waals surface area (Å²) in [7, 11) is 1.59. The maximum atomic E-state index is 13.8. The number of rotatable bonds is 4. The molecule has 0 amide bonds. The predicted molar refractivity (Wildman–Crippen MR) is 68.2 cm³/mol. The van der Waals surface area contributed by atoms with Crippen LogP contribution in [0.2, 0.25) is 0 Å². The normalized spacial score (nSPS) is 13.0. The van der Waals surface area contributed by atoms with Gasteiger partial charge in [0.15, 0.2) is 0 Å². The highest BCUT2D eigenvalue weighted by atomic mass is 19.4. The Bertz CT molecular complexity index is 616. The van der Waals surface area contributed by atoms with Gasteiger partial charge >= 0.3 is 6.36 Å². The number of pyridine rings is 1. The third-order valence-electron chi connectivity index (χ3n) is 2.83. The quantitative estimate of drug-likeness (QED) is 0.878. The molecule has 112 valence electrons. The molecule has 2 rings (SSSR count). The van der Waals surface area contributed by atoms with E-state index in [-0.39, 0.29) is 11.3 Å². The van der Waals surface area contributed by atoms with Crippen LogP contribution in [-0.4, -0.2) is 18.4 Å². The number of benzene rings is 1. The van der Waals surface area contributed by atoms with Crippen molar-refractivity contribution in [2.45, 2.75) is 12.4 Å². The zero-order valence-electron chi connectivity index (χ0n) is 11.0. The van der Waals surface area contributed by atoms with Gasteiger partial charge in [-0.3, -0.25) is 4.98 Å². The molecule has 0 aliphatic carbocycles. The van der Waals surface area contributed by atoms with Gasteiger partial charge in [-0.25, -0.2) is 4.39 Å². The molecule has 0 bridgehead atoms. The van der Waals surface area contributed by atoms with Crippen molar-refractivity contribution < 1.29 is 22.3 Å². The zero-order chi connectivity index (χ0) is 15.5. The Morgan fingerprint density at radius 2 is 2.00 bits per heavy atom. The fourth-order valence-electron chi connectivity index (χ4n) is 2.01. The van der Waals surface area contributed by atoms with Crippen molar-refractivity contribution in [1.82, 2.24) is 10.3 Å². The zero-order valence-corrected chi connectivity index (χ0v) is 11.0. The minimum atomic E-state index is -4.77. The number of hydrogen-bond donors (Lipinski definition) is 1. The van der Waals surface area contributed by atoms with E-state index in [1.807, 2.05) is 0 Å². The minimum absolute atomic E-state index is 0.289. The largest absolute Gasteiger partial charge is 0.573 e. The number of nitrogens with one attached hydrogen (secondary N) is 1. The maximum absolute atomic E-state index is 13.8. The molecule has 1 N–H and O–H groups in total. The van der Waals surface area contributed by atoms with Crippen LogP contribution < -0.4 is 10.1 Å². The van der Waals surface area contributed by atoms with Crippen LogP contribution in [0.15, 0.2) is 42.7 Å². The van der Waals surface area contributed by atoms with E-state index >= 15 is 0 Å². The molecule has 0 aliphatic heterocycles. The average Bonchev–Trinajstić information content (AvgIpc) is 2.40. The number of alkyl halides is 3. The van der Waals surface area contributed by atoms with E-state index in [1.165, 1.54) is 30.5 Å². The molecule has 0 spiro atoms. The van der Waals surface area contributed by atoms with Crippen LogP contribution in [0.4, 0.5) is 17.6 Å². The van der Waals surface area contributed by atoms with Crippen molar-refractivity contribution >= 4 is 0 Å². The smallest absolute Gasteiger partial charge is 0.406 e. The fourth-order valence-corrected chi connectivity index (χ4v) is 2.01. The minimum Gasteiger partial charge on any atom is -0.406 e. The molecule has 0 saturated carbocycles. The maximum Gasteiger partial charge on any atom is 0.573 e. The number of aromatic nitrogens is 1. The second kappa shape index (κ2) is 6.09. The predicted octanol–water partition coefficient (Wildman–Crippen LogP) is 3.43. The topological polar surface area (TPSA) is 34.1 Å². The van der Waals surface area contributed by atoms with Crippen molar-refractivity contribution in [3.05, 3.63) is 59.7 Å². The molecule has 0 aliphatic rings. The summed E-state index contributed by atoms with van der Waals surface area (Å²) in [5, 5.41) is 2.86. The van der Waals surface area contributed by atoms with Gasteiger partial charge in [0, 0.05) is 11.8 Å². The SMILES string of the molecule is CNC(c1cccc(OC(F)(F)F)c1)c1ccncc1F. The molecule has 1 atom stereocenters. The van der Waals surface area contributed by atoms with Crippen LogP contribution in [0.5, 0.6) is 5.75 Å². The van der Waals surface area contributed by atoms with E-state index in [2.05, 4.69) is 15.0 Å². The van der Waals surface area contributed by atoms with Crippen molar-refractivity contribution in [2.75, 3.05) is 7.05 Å². The molecule has 3 nitrogen and oxygen atoms in total. The summed E-state index contributed by atoms with van der Waals surface area (Å²) in [5.74, 6) is -0.895. The lowest BCUT2D eigenvalue weighted by atomic mass is 9.99. The molecule has 21 heavy (non-hydrogen) atoms. The second-order valence-electron chi connectivity index (χ2n) is 4.24. The van der Waals surface area contributed by atoms with Crippen LogP contribution in [0, 0.1) is 5.82 Å². The molecule has 0 fully saturated rings. The van der Waals surface area contributed by atoms with Gasteiger partial charge in [-0.2, -0.15) is 0 Å². The van der Waals surface area contributed by atoms with Crippen LogP contribution in [0.3, 0.4) is 0 Å². The van der Waals surface area contributed by atoms with E-state index in [0.717, 1.165) is 6.20 Å². The Kier molecular flexibility index (Phi) is 4.42. The van der Waals surface area contributed by atoms with Gasteiger partial charge in [-0.05, 0) is 30.8 Å². The molecular formula is C14H12F4N2O. The molecule has 7 heteroatoms. The second-order valence-corrected chi connectivity index (χ2v) is 4.24. The lowest BCUT2D eigenvalue weighted by Crippen LogP contribution is -2.20. The first-order chi connectivity index (χ1) is 9.90. The van der Waals surface area contributed by atoms with Gasteiger partial charge in [-0.15, -0.1) is 13.2 Å². The van der Waals surface area contributed by atoms with Crippen molar-refractivity contribution in [2.24, 2.45) is 0 Å². The highest BCUT2D eigenvalue weighted by molar-refractivity contribution is 5.36. The Morgan fingerprint density at radius 1 is 1.24 bits per heavy atom. The highest BCUT2D eigenvalue weighted by Gasteiger charge is 2.31. The van der Waals surface area contributed by atoms with Crippen LogP contribution >= 0.6 is 0 Å². The molecule has 0 saturated heterocycles. The first-order valence-corrected chi connectivity index (χ1v) is 6.03. The van der Waals surface area contributed by atoms with Crippen LogP contribution in [-0.2, 0) is 0 Å². The third kappa shape index (κ3) is 3.91. The first kappa shape index (κ1) is 15.2. The van der Waals surface area contributed by atoms with Gasteiger partial charge < -0.3 is 10.1 Å². The monoisotopic (exact) mass is 300 g/mol. The van der Waals surface area contributed by atoms with Gasteiger partial charge in [-0.1, -0.05) is 12.1 Å². The van der Waals surface area contributed by atoms with Crippen molar-refractivity contribution in [3.63, 3.8) is 0 Å². The molecular weight excluding hydrogens is 288 g/mol. The summed E-state index contributed by atoms with van der Waals surface area (Å²) in [6.45, 7) is 0. The molecule has 2 aromatic rings. The summed E-state index contributed by atoms with van der Waals surface area (Å²) in [6.07, 6.45) is -2.30. The summed E-state index contributed by atoms with van der Waals surface area (Å²) in [6, 6.07) is 6.27. The van der Waals surface area contributed by atoms with Crippen molar-refractivity contribution in [1.29, 1.82) is 0 Å². The Morgan fingerprint density at radius 3 is 2.62 bits per heavy atom. The summed E-state index contributed by atoms with van der Waals surface area (Å²) < 4.78 is 54.4. The summed E-state index contributed by atoms with van der Waals surface area (Å²) in [5.41, 5.74) is 0.737. The fraction of sp³-hybridized carbons (Fsp3) is 0.214. The van der Waals surface area contributed by atoms with E-state index in [1.54, 1.807) is 13.1 Å². The van der Waals surface area contributed by atoms with Crippen molar-refractivity contribution in [3.8, 4) is 5.75 Å². The van der Waals surface area contributed by atoms with E-state index in [9.17, 15) is 17.6 Å². The number of halogens is 4. The van der Waals surface area contributed by atoms with E-state index in [0.29, 0.717) is 5.56 Å². The molecule has 1 aromatic carbocycles. The molecule has 1 unspecified atom stereocenters. The third-order valence-corrected chi connectivity index (χ3v) is 2.83. The average molecular weight is 300 g/mol. The van der Waals surface area contributed by atoms with Gasteiger partial charge in [0.25, 0.3) is 0 Å². The number of hydrogen-bond acceptors (Lipinski definition) is 3. The molecule has 0 radical (unpaired) electrons. The van der Waals surface area contributed by atoms with Gasteiger partial charge in [0.2, 0.25) is 0 Å². The molecule has 1 heterocycles. The van der Waals surface area contributed by atoms with E-state index in [4.69, 9.17) is 0 Å². The Hall–Kier alpha value is -2.15. The van der Waals surface area contributed by atoms with Crippen LogP contribution in [0.25, 0.3) is 0 Å².